The highest BCUT2D eigenvalue weighted by Gasteiger charge is 2.32. The molecule has 0 saturated heterocycles. The predicted molar refractivity (Wildman–Crippen MR) is 105 cm³/mol. The highest BCUT2D eigenvalue weighted by atomic mass is 32.1. The van der Waals surface area contributed by atoms with Crippen LogP contribution in [0.4, 0.5) is 0 Å². The largest absolute Gasteiger partial charge is 0.369 e. The van der Waals surface area contributed by atoms with Crippen LogP contribution in [0.5, 0.6) is 0 Å². The molecular weight excluding hydrogens is 360 g/mol. The number of carbonyl (C=O) groups excluding carboxylic acids is 2. The summed E-state index contributed by atoms with van der Waals surface area (Å²) in [5.74, 6) is -0.946. The fourth-order valence-electron chi connectivity index (χ4n) is 3.06. The number of nitrogens with zero attached hydrogens (tertiary/aromatic N) is 1. The molecule has 0 saturated carbocycles. The summed E-state index contributed by atoms with van der Waals surface area (Å²) < 4.78 is 0. The van der Waals surface area contributed by atoms with Crippen molar-refractivity contribution in [1.29, 1.82) is 0 Å². The van der Waals surface area contributed by atoms with E-state index in [1.54, 1.807) is 6.20 Å². The molecule has 1 aromatic carbocycles. The number of imidazole rings is 1. The van der Waals surface area contributed by atoms with Crippen LogP contribution >= 0.6 is 11.3 Å². The van der Waals surface area contributed by atoms with Gasteiger partial charge in [-0.2, -0.15) is 0 Å². The lowest BCUT2D eigenvalue weighted by Crippen LogP contribution is -2.46. The molecule has 0 aliphatic rings. The van der Waals surface area contributed by atoms with Crippen LogP contribution in [0, 0.1) is 6.92 Å². The summed E-state index contributed by atoms with van der Waals surface area (Å²) in [6.07, 6.45) is 2.40. The number of hydrogen-bond donors (Lipinski definition) is 3. The van der Waals surface area contributed by atoms with Crippen LogP contribution in [-0.4, -0.2) is 27.8 Å². The molecule has 0 aliphatic heterocycles. The molecular formula is C20H22N4O2S. The molecule has 4 N–H and O–H groups in total. The zero-order valence-electron chi connectivity index (χ0n) is 15.0. The van der Waals surface area contributed by atoms with Gasteiger partial charge in [0.05, 0.1) is 12.5 Å². The first-order valence-electron chi connectivity index (χ1n) is 8.69. The zero-order valence-corrected chi connectivity index (χ0v) is 15.8. The van der Waals surface area contributed by atoms with E-state index in [1.165, 1.54) is 11.3 Å². The Morgan fingerprint density at radius 3 is 2.59 bits per heavy atom. The van der Waals surface area contributed by atoms with Crippen LogP contribution < -0.4 is 11.1 Å². The van der Waals surface area contributed by atoms with Crippen molar-refractivity contribution in [2.45, 2.75) is 31.7 Å². The lowest BCUT2D eigenvalue weighted by molar-refractivity contribution is -0.123. The number of aromatic nitrogens is 2. The summed E-state index contributed by atoms with van der Waals surface area (Å²) in [7, 11) is 0. The summed E-state index contributed by atoms with van der Waals surface area (Å²) in [5.41, 5.74) is 7.54. The third-order valence-corrected chi connectivity index (χ3v) is 5.16. The van der Waals surface area contributed by atoms with Crippen LogP contribution in [0.3, 0.4) is 0 Å². The smallest absolute Gasteiger partial charge is 0.230 e. The van der Waals surface area contributed by atoms with Crippen LogP contribution in [0.25, 0.3) is 0 Å². The second-order valence-electron chi connectivity index (χ2n) is 6.45. The maximum atomic E-state index is 12.6. The number of rotatable bonds is 8. The molecule has 0 spiro atoms. The van der Waals surface area contributed by atoms with E-state index in [0.717, 1.165) is 16.1 Å². The second-order valence-corrected chi connectivity index (χ2v) is 7.48. The van der Waals surface area contributed by atoms with Crippen LogP contribution in [-0.2, 0) is 22.4 Å². The van der Waals surface area contributed by atoms with Gasteiger partial charge in [0.25, 0.3) is 0 Å². The first-order chi connectivity index (χ1) is 13.0. The Bertz CT molecular complexity index is 890. The van der Waals surface area contributed by atoms with Gasteiger partial charge in [-0.05, 0) is 30.4 Å². The van der Waals surface area contributed by atoms with Gasteiger partial charge in [0.2, 0.25) is 11.8 Å². The number of primary amides is 1. The molecule has 2 atom stereocenters. The number of carbonyl (C=O) groups is 2. The summed E-state index contributed by atoms with van der Waals surface area (Å²) in [6, 6.07) is 13.0. The third kappa shape index (κ3) is 5.04. The van der Waals surface area contributed by atoms with Crippen molar-refractivity contribution in [3.05, 3.63) is 76.0 Å². The molecule has 2 heterocycles. The number of aromatic amines is 1. The molecule has 0 aliphatic carbocycles. The molecule has 3 aromatic rings. The van der Waals surface area contributed by atoms with Crippen molar-refractivity contribution in [3.8, 4) is 0 Å². The van der Waals surface area contributed by atoms with E-state index < -0.39 is 17.9 Å². The molecule has 3 rings (SSSR count). The molecule has 7 heteroatoms. The topological polar surface area (TPSA) is 101 Å². The number of H-pyrrole nitrogens is 1. The van der Waals surface area contributed by atoms with Crippen LogP contribution in [0.1, 0.15) is 27.9 Å². The van der Waals surface area contributed by atoms with Gasteiger partial charge in [0.15, 0.2) is 0 Å². The molecule has 0 bridgehead atoms. The maximum Gasteiger partial charge on any atom is 0.230 e. The van der Waals surface area contributed by atoms with E-state index in [2.05, 4.69) is 15.3 Å². The van der Waals surface area contributed by atoms with Gasteiger partial charge in [-0.15, -0.1) is 11.3 Å². The van der Waals surface area contributed by atoms with Crippen molar-refractivity contribution in [1.82, 2.24) is 15.3 Å². The van der Waals surface area contributed by atoms with Gasteiger partial charge in [-0.3, -0.25) is 9.59 Å². The minimum atomic E-state index is -0.744. The molecule has 2 unspecified atom stereocenters. The number of nitrogens with one attached hydrogen (secondary N) is 2. The Labute approximate surface area is 161 Å². The molecule has 140 valence electrons. The van der Waals surface area contributed by atoms with Gasteiger partial charge in [-0.25, -0.2) is 4.98 Å². The SMILES string of the molecule is Cc1cnc(C(C(N)=O)C(Cc2ccccc2)NC(=O)Cc2cccs2)[nH]1. The van der Waals surface area contributed by atoms with Crippen molar-refractivity contribution >= 4 is 23.2 Å². The second kappa shape index (κ2) is 8.64. The van der Waals surface area contributed by atoms with Crippen molar-refractivity contribution in [2.75, 3.05) is 0 Å². The van der Waals surface area contributed by atoms with E-state index in [9.17, 15) is 9.59 Å². The lowest BCUT2D eigenvalue weighted by Gasteiger charge is -2.25. The third-order valence-electron chi connectivity index (χ3n) is 4.29. The normalized spacial score (nSPS) is 13.1. The molecule has 6 nitrogen and oxygen atoms in total. The average molecular weight is 382 g/mol. The first-order valence-corrected chi connectivity index (χ1v) is 9.57. The Hall–Kier alpha value is -2.93. The Morgan fingerprint density at radius 2 is 2.00 bits per heavy atom. The first kappa shape index (κ1) is 18.8. The Balaban J connectivity index is 1.85. The lowest BCUT2D eigenvalue weighted by atomic mass is 9.92. The molecule has 2 aromatic heterocycles. The quantitative estimate of drug-likeness (QED) is 0.557. The van der Waals surface area contributed by atoms with Gasteiger partial charge < -0.3 is 16.0 Å². The predicted octanol–water partition coefficient (Wildman–Crippen LogP) is 2.32. The van der Waals surface area contributed by atoms with Crippen molar-refractivity contribution < 1.29 is 9.59 Å². The average Bonchev–Trinajstić information content (AvgIpc) is 3.27. The molecule has 2 amide bonds. The van der Waals surface area contributed by atoms with E-state index >= 15 is 0 Å². The van der Waals surface area contributed by atoms with Crippen molar-refractivity contribution in [3.63, 3.8) is 0 Å². The molecule has 0 fully saturated rings. The monoisotopic (exact) mass is 382 g/mol. The van der Waals surface area contributed by atoms with Gasteiger partial charge in [-0.1, -0.05) is 36.4 Å². The van der Waals surface area contributed by atoms with E-state index in [-0.39, 0.29) is 12.3 Å². The summed E-state index contributed by atoms with van der Waals surface area (Å²) in [5, 5.41) is 4.93. The number of amides is 2. The fourth-order valence-corrected chi connectivity index (χ4v) is 3.77. The van der Waals surface area contributed by atoms with Gasteiger partial charge in [0.1, 0.15) is 11.7 Å². The number of thiophene rings is 1. The summed E-state index contributed by atoms with van der Waals surface area (Å²) >= 11 is 1.53. The zero-order chi connectivity index (χ0) is 19.2. The van der Waals surface area contributed by atoms with E-state index in [4.69, 9.17) is 5.73 Å². The highest BCUT2D eigenvalue weighted by molar-refractivity contribution is 7.10. The minimum Gasteiger partial charge on any atom is -0.369 e. The van der Waals surface area contributed by atoms with Crippen LogP contribution in [0.2, 0.25) is 0 Å². The fraction of sp³-hybridized carbons (Fsp3) is 0.250. The molecule has 27 heavy (non-hydrogen) atoms. The van der Waals surface area contributed by atoms with Gasteiger partial charge >= 0.3 is 0 Å². The number of benzene rings is 1. The number of aryl methyl sites for hydroxylation is 1. The van der Waals surface area contributed by atoms with Crippen molar-refractivity contribution in [2.24, 2.45) is 5.73 Å². The van der Waals surface area contributed by atoms with E-state index in [0.29, 0.717) is 12.2 Å². The van der Waals surface area contributed by atoms with Gasteiger partial charge in [0, 0.05) is 16.8 Å². The number of hydrogen-bond acceptors (Lipinski definition) is 4. The summed E-state index contributed by atoms with van der Waals surface area (Å²) in [4.78, 5) is 33.2. The van der Waals surface area contributed by atoms with Crippen LogP contribution in [0.15, 0.2) is 54.0 Å². The number of nitrogens with two attached hydrogens (primary N) is 1. The molecule has 0 radical (unpaired) electrons. The summed E-state index contributed by atoms with van der Waals surface area (Å²) in [6.45, 7) is 1.86. The maximum absolute atomic E-state index is 12.6. The highest BCUT2D eigenvalue weighted by Crippen LogP contribution is 2.21. The Kier molecular flexibility index (Phi) is 6.03. The minimum absolute atomic E-state index is 0.145. The Morgan fingerprint density at radius 1 is 1.22 bits per heavy atom. The van der Waals surface area contributed by atoms with E-state index in [1.807, 2.05) is 54.8 Å². The standard InChI is InChI=1S/C20H22N4O2S/c1-13-12-22-20(23-13)18(19(21)26)16(10-14-6-3-2-4-7-14)24-17(25)11-15-8-5-9-27-15/h2-9,12,16,18H,10-11H2,1H3,(H2,21,26)(H,22,23)(H,24,25).